The number of nitrogens with zero attached hydrogens (tertiary/aromatic N) is 2. The van der Waals surface area contributed by atoms with E-state index in [0.29, 0.717) is 5.69 Å². The summed E-state index contributed by atoms with van der Waals surface area (Å²) in [6.45, 7) is 6.15. The standard InChI is InChI=1S/C21H29N3O3S/c1-16-12-14-24(15-13-16)23(3)21-17(2)19(10-11-20(21)27-4)22-28(25,26)18-8-6-5-7-9-18/h5-11,16,22H,12-15H2,1-4H3. The molecule has 1 N–H and O–H groups in total. The van der Waals surface area contributed by atoms with Crippen molar-refractivity contribution in [1.82, 2.24) is 5.01 Å². The van der Waals surface area contributed by atoms with Crippen LogP contribution >= 0.6 is 0 Å². The van der Waals surface area contributed by atoms with Crippen molar-refractivity contribution in [3.8, 4) is 5.75 Å². The highest BCUT2D eigenvalue weighted by Crippen LogP contribution is 2.38. The minimum absolute atomic E-state index is 0.241. The highest BCUT2D eigenvalue weighted by Gasteiger charge is 2.24. The van der Waals surface area contributed by atoms with E-state index < -0.39 is 10.0 Å². The maximum atomic E-state index is 12.8. The second-order valence-electron chi connectivity index (χ2n) is 7.37. The van der Waals surface area contributed by atoms with Gasteiger partial charge in [-0.3, -0.25) is 4.72 Å². The molecule has 7 heteroatoms. The fourth-order valence-corrected chi connectivity index (χ4v) is 4.74. The zero-order chi connectivity index (χ0) is 20.3. The van der Waals surface area contributed by atoms with Crippen LogP contribution in [0, 0.1) is 12.8 Å². The third-order valence-corrected chi connectivity index (χ3v) is 6.80. The Morgan fingerprint density at radius 2 is 1.75 bits per heavy atom. The molecule has 0 bridgehead atoms. The molecular formula is C21H29N3O3S. The molecule has 0 aromatic heterocycles. The Kier molecular flexibility index (Phi) is 6.15. The molecule has 0 radical (unpaired) electrons. The summed E-state index contributed by atoms with van der Waals surface area (Å²) in [4.78, 5) is 0.241. The van der Waals surface area contributed by atoms with E-state index in [1.807, 2.05) is 20.0 Å². The molecule has 0 amide bonds. The molecule has 0 aliphatic carbocycles. The van der Waals surface area contributed by atoms with Gasteiger partial charge in [-0.05, 0) is 49.9 Å². The van der Waals surface area contributed by atoms with Crippen molar-refractivity contribution in [1.29, 1.82) is 0 Å². The maximum absolute atomic E-state index is 12.8. The van der Waals surface area contributed by atoms with Gasteiger partial charge in [0.15, 0.2) is 0 Å². The number of sulfonamides is 1. The Morgan fingerprint density at radius 1 is 1.11 bits per heavy atom. The SMILES string of the molecule is COc1ccc(NS(=O)(=O)c2ccccc2)c(C)c1N(C)N1CCC(C)CC1. The first kappa shape index (κ1) is 20.5. The Bertz CT molecular complexity index is 908. The van der Waals surface area contributed by atoms with Crippen LogP contribution in [-0.4, -0.2) is 40.7 Å². The Hall–Kier alpha value is -2.25. The molecule has 2 aromatic carbocycles. The topological polar surface area (TPSA) is 61.9 Å². The number of hydrogen-bond donors (Lipinski definition) is 1. The van der Waals surface area contributed by atoms with Crippen LogP contribution in [0.1, 0.15) is 25.3 Å². The molecule has 6 nitrogen and oxygen atoms in total. The minimum Gasteiger partial charge on any atom is -0.495 e. The van der Waals surface area contributed by atoms with Gasteiger partial charge in [-0.2, -0.15) is 0 Å². The van der Waals surface area contributed by atoms with Gasteiger partial charge < -0.3 is 9.75 Å². The number of benzene rings is 2. The van der Waals surface area contributed by atoms with E-state index >= 15 is 0 Å². The van der Waals surface area contributed by atoms with E-state index in [9.17, 15) is 8.42 Å². The smallest absolute Gasteiger partial charge is 0.261 e. The van der Waals surface area contributed by atoms with Gasteiger partial charge in [0.05, 0.1) is 23.4 Å². The molecule has 2 aromatic rings. The molecule has 0 unspecified atom stereocenters. The third kappa shape index (κ3) is 4.25. The second-order valence-corrected chi connectivity index (χ2v) is 9.05. The summed E-state index contributed by atoms with van der Waals surface area (Å²) in [7, 11) is -0.00561. The molecule has 0 atom stereocenters. The molecule has 1 aliphatic heterocycles. The fourth-order valence-electron chi connectivity index (χ4n) is 3.59. The Morgan fingerprint density at radius 3 is 2.36 bits per heavy atom. The summed E-state index contributed by atoms with van der Waals surface area (Å²) in [5, 5.41) is 4.39. The van der Waals surface area contributed by atoms with E-state index in [2.05, 4.69) is 21.7 Å². The predicted octanol–water partition coefficient (Wildman–Crippen LogP) is 3.89. The van der Waals surface area contributed by atoms with Gasteiger partial charge in [-0.15, -0.1) is 0 Å². The van der Waals surface area contributed by atoms with Crippen molar-refractivity contribution < 1.29 is 13.2 Å². The molecule has 0 saturated carbocycles. The molecule has 152 valence electrons. The van der Waals surface area contributed by atoms with Crippen LogP contribution < -0.4 is 14.5 Å². The summed E-state index contributed by atoms with van der Waals surface area (Å²) >= 11 is 0. The average molecular weight is 404 g/mol. The summed E-state index contributed by atoms with van der Waals surface area (Å²) < 4.78 is 33.8. The molecule has 0 spiro atoms. The quantitative estimate of drug-likeness (QED) is 0.793. The number of hydrazine groups is 1. The van der Waals surface area contributed by atoms with E-state index in [-0.39, 0.29) is 4.90 Å². The zero-order valence-corrected chi connectivity index (χ0v) is 17.8. The normalized spacial score (nSPS) is 16.0. The molecule has 1 fully saturated rings. The van der Waals surface area contributed by atoms with Crippen molar-refractivity contribution in [3.05, 3.63) is 48.0 Å². The Labute approximate surface area is 168 Å². The van der Waals surface area contributed by atoms with Crippen LogP contribution in [0.5, 0.6) is 5.75 Å². The van der Waals surface area contributed by atoms with Crippen molar-refractivity contribution >= 4 is 21.4 Å². The van der Waals surface area contributed by atoms with Gasteiger partial charge in [-0.1, -0.05) is 25.1 Å². The maximum Gasteiger partial charge on any atom is 0.261 e. The largest absolute Gasteiger partial charge is 0.495 e. The lowest BCUT2D eigenvalue weighted by Gasteiger charge is -2.39. The first-order chi connectivity index (χ1) is 13.3. The van der Waals surface area contributed by atoms with E-state index in [1.54, 1.807) is 43.5 Å². The van der Waals surface area contributed by atoms with Crippen LogP contribution in [0.25, 0.3) is 0 Å². The average Bonchev–Trinajstić information content (AvgIpc) is 2.70. The molecular weight excluding hydrogens is 374 g/mol. The summed E-state index contributed by atoms with van der Waals surface area (Å²) in [5.41, 5.74) is 2.27. The van der Waals surface area contributed by atoms with Crippen LogP contribution in [0.15, 0.2) is 47.4 Å². The van der Waals surface area contributed by atoms with Gasteiger partial charge in [0, 0.05) is 25.7 Å². The van der Waals surface area contributed by atoms with E-state index in [1.165, 1.54) is 0 Å². The number of ether oxygens (including phenoxy) is 1. The van der Waals surface area contributed by atoms with Gasteiger partial charge >= 0.3 is 0 Å². The third-order valence-electron chi connectivity index (χ3n) is 5.42. The number of piperidine rings is 1. The van der Waals surface area contributed by atoms with Crippen molar-refractivity contribution in [2.24, 2.45) is 5.92 Å². The van der Waals surface area contributed by atoms with Crippen molar-refractivity contribution in [3.63, 3.8) is 0 Å². The molecule has 3 rings (SSSR count). The summed E-state index contributed by atoms with van der Waals surface area (Å²) in [5.74, 6) is 1.46. The lowest BCUT2D eigenvalue weighted by atomic mass is 10.0. The van der Waals surface area contributed by atoms with Gasteiger partial charge in [0.1, 0.15) is 5.75 Å². The zero-order valence-electron chi connectivity index (χ0n) is 17.0. The lowest BCUT2D eigenvalue weighted by molar-refractivity contribution is 0.184. The van der Waals surface area contributed by atoms with Crippen LogP contribution in [-0.2, 0) is 10.0 Å². The fraction of sp³-hybridized carbons (Fsp3) is 0.429. The molecule has 1 saturated heterocycles. The molecule has 1 aliphatic rings. The van der Waals surface area contributed by atoms with Gasteiger partial charge in [0.25, 0.3) is 10.0 Å². The van der Waals surface area contributed by atoms with Crippen molar-refractivity contribution in [2.45, 2.75) is 31.6 Å². The minimum atomic E-state index is -3.65. The van der Waals surface area contributed by atoms with E-state index in [4.69, 9.17) is 4.74 Å². The number of methoxy groups -OCH3 is 1. The van der Waals surface area contributed by atoms with Crippen LogP contribution in [0.4, 0.5) is 11.4 Å². The first-order valence-electron chi connectivity index (χ1n) is 9.57. The van der Waals surface area contributed by atoms with Crippen LogP contribution in [0.2, 0.25) is 0 Å². The van der Waals surface area contributed by atoms with Crippen LogP contribution in [0.3, 0.4) is 0 Å². The number of hydrogen-bond acceptors (Lipinski definition) is 5. The van der Waals surface area contributed by atoms with Crippen molar-refractivity contribution in [2.75, 3.05) is 37.0 Å². The first-order valence-corrected chi connectivity index (χ1v) is 11.1. The predicted molar refractivity (Wildman–Crippen MR) is 113 cm³/mol. The Balaban J connectivity index is 1.93. The van der Waals surface area contributed by atoms with Gasteiger partial charge in [-0.25, -0.2) is 13.4 Å². The highest BCUT2D eigenvalue weighted by molar-refractivity contribution is 7.92. The molecule has 28 heavy (non-hydrogen) atoms. The molecule has 1 heterocycles. The number of rotatable bonds is 6. The lowest BCUT2D eigenvalue weighted by Crippen LogP contribution is -2.45. The summed E-state index contributed by atoms with van der Waals surface area (Å²) in [6.07, 6.45) is 2.29. The monoisotopic (exact) mass is 403 g/mol. The summed E-state index contributed by atoms with van der Waals surface area (Å²) in [6, 6.07) is 12.0. The van der Waals surface area contributed by atoms with E-state index in [0.717, 1.165) is 48.8 Å². The number of nitrogens with one attached hydrogen (secondary N) is 1. The number of anilines is 2. The highest BCUT2D eigenvalue weighted by atomic mass is 32.2. The second kappa shape index (κ2) is 8.41. The van der Waals surface area contributed by atoms with Gasteiger partial charge in [0.2, 0.25) is 0 Å².